The number of piperazine rings is 1. The van der Waals surface area contributed by atoms with Crippen molar-refractivity contribution in [3.8, 4) is 0 Å². The van der Waals surface area contributed by atoms with E-state index in [9.17, 15) is 13.2 Å². The van der Waals surface area contributed by atoms with Crippen LogP contribution in [0.3, 0.4) is 0 Å². The van der Waals surface area contributed by atoms with Gasteiger partial charge in [0.1, 0.15) is 0 Å². The third-order valence-corrected chi connectivity index (χ3v) is 6.67. The van der Waals surface area contributed by atoms with E-state index < -0.39 is 10.0 Å². The van der Waals surface area contributed by atoms with Crippen molar-refractivity contribution in [1.29, 1.82) is 0 Å². The molecule has 3 rings (SSSR count). The fourth-order valence-electron chi connectivity index (χ4n) is 3.26. The van der Waals surface area contributed by atoms with Crippen LogP contribution in [0, 0.1) is 0 Å². The van der Waals surface area contributed by atoms with Crippen LogP contribution in [0.5, 0.6) is 0 Å². The molecular weight excluding hydrogens is 386 g/mol. The summed E-state index contributed by atoms with van der Waals surface area (Å²) < 4.78 is 26.6. The van der Waals surface area contributed by atoms with E-state index in [4.69, 9.17) is 0 Å². The monoisotopic (exact) mass is 413 g/mol. The van der Waals surface area contributed by atoms with Gasteiger partial charge in [0.05, 0.1) is 6.04 Å². The number of nitrogens with one attached hydrogen (secondary N) is 1. The molecule has 0 bridgehead atoms. The zero-order valence-corrected chi connectivity index (χ0v) is 17.4. The van der Waals surface area contributed by atoms with E-state index in [0.717, 1.165) is 11.1 Å². The Morgan fingerprint density at radius 1 is 1.00 bits per heavy atom. The molecule has 0 aromatic heterocycles. The molecular formula is C22H27N3O3S. The first-order chi connectivity index (χ1) is 14.0. The maximum atomic E-state index is 12.6. The third kappa shape index (κ3) is 6.00. The molecule has 1 aliphatic heterocycles. The molecule has 0 aliphatic carbocycles. The Kier molecular flexibility index (Phi) is 7.19. The number of nitrogens with zero attached hydrogens (tertiary/aromatic N) is 2. The van der Waals surface area contributed by atoms with Crippen LogP contribution in [0.2, 0.25) is 0 Å². The van der Waals surface area contributed by atoms with Crippen LogP contribution in [0.4, 0.5) is 0 Å². The summed E-state index contributed by atoms with van der Waals surface area (Å²) in [6.07, 6.45) is 1.61. The van der Waals surface area contributed by atoms with Crippen molar-refractivity contribution in [1.82, 2.24) is 14.5 Å². The highest BCUT2D eigenvalue weighted by Gasteiger charge is 2.29. The normalized spacial score (nSPS) is 17.3. The standard InChI is InChI=1S/C22H27N3O3S/c1-19(22(26)23-18-21-10-6-3-7-11-21)24-13-15-25(16-14-24)29(27,28)17-12-20-8-4-2-5-9-20/h2-12,17,19H,13-16,18H2,1H3,(H,23,26)/b17-12-/t19-/m1/s1. The molecule has 1 N–H and O–H groups in total. The summed E-state index contributed by atoms with van der Waals surface area (Å²) in [5.74, 6) is -0.0471. The first-order valence-corrected chi connectivity index (χ1v) is 11.2. The minimum atomic E-state index is -3.47. The van der Waals surface area contributed by atoms with Gasteiger partial charge >= 0.3 is 0 Å². The SMILES string of the molecule is C[C@H](C(=O)NCc1ccccc1)N1CCN(S(=O)(=O)/C=C\c2ccccc2)CC1. The number of sulfonamides is 1. The van der Waals surface area contributed by atoms with Crippen molar-refractivity contribution in [2.45, 2.75) is 19.5 Å². The van der Waals surface area contributed by atoms with Gasteiger partial charge in [-0.25, -0.2) is 8.42 Å². The summed E-state index contributed by atoms with van der Waals surface area (Å²) in [4.78, 5) is 14.5. The van der Waals surface area contributed by atoms with Gasteiger partial charge in [-0.15, -0.1) is 0 Å². The summed E-state index contributed by atoms with van der Waals surface area (Å²) in [7, 11) is -3.47. The number of carbonyl (C=O) groups excluding carboxylic acids is 1. The number of rotatable bonds is 7. The number of hydrogen-bond acceptors (Lipinski definition) is 4. The molecule has 29 heavy (non-hydrogen) atoms. The Hall–Kier alpha value is -2.48. The second kappa shape index (κ2) is 9.82. The van der Waals surface area contributed by atoms with Gasteiger partial charge in [-0.2, -0.15) is 4.31 Å². The summed E-state index contributed by atoms with van der Waals surface area (Å²) >= 11 is 0. The van der Waals surface area contributed by atoms with Crippen LogP contribution >= 0.6 is 0 Å². The molecule has 2 aromatic rings. The smallest absolute Gasteiger partial charge is 0.237 e. The van der Waals surface area contributed by atoms with E-state index in [1.54, 1.807) is 6.08 Å². The molecule has 0 unspecified atom stereocenters. The third-order valence-electron chi connectivity index (χ3n) is 5.10. The van der Waals surface area contributed by atoms with Crippen LogP contribution < -0.4 is 5.32 Å². The van der Waals surface area contributed by atoms with Crippen LogP contribution in [-0.4, -0.2) is 55.8 Å². The zero-order chi connectivity index (χ0) is 20.7. The van der Waals surface area contributed by atoms with E-state index in [-0.39, 0.29) is 11.9 Å². The van der Waals surface area contributed by atoms with Gasteiger partial charge in [-0.3, -0.25) is 9.69 Å². The molecule has 0 saturated carbocycles. The summed E-state index contributed by atoms with van der Waals surface area (Å²) in [5.41, 5.74) is 1.90. The van der Waals surface area contributed by atoms with E-state index >= 15 is 0 Å². The predicted molar refractivity (Wildman–Crippen MR) is 115 cm³/mol. The van der Waals surface area contributed by atoms with Gasteiger partial charge in [0, 0.05) is 38.1 Å². The second-order valence-electron chi connectivity index (χ2n) is 7.07. The van der Waals surface area contributed by atoms with Crippen molar-refractivity contribution in [2.24, 2.45) is 0 Å². The minimum Gasteiger partial charge on any atom is -0.351 e. The largest absolute Gasteiger partial charge is 0.351 e. The zero-order valence-electron chi connectivity index (χ0n) is 16.6. The molecule has 0 spiro atoms. The summed E-state index contributed by atoms with van der Waals surface area (Å²) in [5, 5.41) is 4.21. The van der Waals surface area contributed by atoms with Gasteiger partial charge in [-0.1, -0.05) is 60.7 Å². The highest BCUT2D eigenvalue weighted by Crippen LogP contribution is 2.13. The van der Waals surface area contributed by atoms with Crippen molar-refractivity contribution >= 4 is 22.0 Å². The average molecular weight is 414 g/mol. The second-order valence-corrected chi connectivity index (χ2v) is 8.89. The molecule has 1 amide bonds. The quantitative estimate of drug-likeness (QED) is 0.756. The number of amides is 1. The molecule has 1 heterocycles. The van der Waals surface area contributed by atoms with E-state index in [1.165, 1.54) is 9.71 Å². The summed E-state index contributed by atoms with van der Waals surface area (Å²) in [6.45, 7) is 4.15. The topological polar surface area (TPSA) is 69.7 Å². The molecule has 154 valence electrons. The van der Waals surface area contributed by atoms with Gasteiger partial charge in [0.25, 0.3) is 0 Å². The van der Waals surface area contributed by atoms with Crippen LogP contribution in [0.25, 0.3) is 6.08 Å². The maximum Gasteiger partial charge on any atom is 0.237 e. The van der Waals surface area contributed by atoms with E-state index in [0.29, 0.717) is 32.7 Å². The number of hydrogen-bond donors (Lipinski definition) is 1. The lowest BCUT2D eigenvalue weighted by atomic mass is 10.2. The van der Waals surface area contributed by atoms with E-state index in [1.807, 2.05) is 72.5 Å². The lowest BCUT2D eigenvalue weighted by molar-refractivity contribution is -0.126. The van der Waals surface area contributed by atoms with Crippen LogP contribution in [0.1, 0.15) is 18.1 Å². The molecule has 7 heteroatoms. The van der Waals surface area contributed by atoms with Gasteiger partial charge in [0.2, 0.25) is 15.9 Å². The van der Waals surface area contributed by atoms with Crippen molar-refractivity contribution in [3.63, 3.8) is 0 Å². The first-order valence-electron chi connectivity index (χ1n) is 9.75. The molecule has 1 aliphatic rings. The predicted octanol–water partition coefficient (Wildman–Crippen LogP) is 2.31. The Morgan fingerprint density at radius 2 is 1.59 bits per heavy atom. The molecule has 1 saturated heterocycles. The highest BCUT2D eigenvalue weighted by atomic mass is 32.2. The molecule has 6 nitrogen and oxygen atoms in total. The average Bonchev–Trinajstić information content (AvgIpc) is 2.77. The summed E-state index contributed by atoms with van der Waals surface area (Å²) in [6, 6.07) is 18.8. The number of benzene rings is 2. The van der Waals surface area contributed by atoms with Crippen molar-refractivity contribution in [2.75, 3.05) is 26.2 Å². The first kappa shape index (κ1) is 21.2. The lowest BCUT2D eigenvalue weighted by Crippen LogP contribution is -2.54. The number of carbonyl (C=O) groups is 1. The Labute approximate surface area is 172 Å². The molecule has 2 aromatic carbocycles. The molecule has 1 atom stereocenters. The highest BCUT2D eigenvalue weighted by molar-refractivity contribution is 7.92. The Morgan fingerprint density at radius 3 is 2.21 bits per heavy atom. The Bertz CT molecular complexity index is 922. The van der Waals surface area contributed by atoms with Gasteiger partial charge in [0.15, 0.2) is 0 Å². The fraction of sp³-hybridized carbons (Fsp3) is 0.318. The van der Waals surface area contributed by atoms with E-state index in [2.05, 4.69) is 5.32 Å². The van der Waals surface area contributed by atoms with Crippen LogP contribution in [-0.2, 0) is 21.4 Å². The van der Waals surface area contributed by atoms with Gasteiger partial charge in [-0.05, 0) is 24.1 Å². The fourth-order valence-corrected chi connectivity index (χ4v) is 4.43. The minimum absolute atomic E-state index is 0.0471. The van der Waals surface area contributed by atoms with Gasteiger partial charge < -0.3 is 5.32 Å². The van der Waals surface area contributed by atoms with Crippen molar-refractivity contribution in [3.05, 3.63) is 77.2 Å². The molecule has 1 fully saturated rings. The van der Waals surface area contributed by atoms with Crippen molar-refractivity contribution < 1.29 is 13.2 Å². The molecule has 0 radical (unpaired) electrons. The van der Waals surface area contributed by atoms with Crippen LogP contribution in [0.15, 0.2) is 66.1 Å². The Balaban J connectivity index is 1.50. The maximum absolute atomic E-state index is 12.6. The lowest BCUT2D eigenvalue weighted by Gasteiger charge is -2.36.